The highest BCUT2D eigenvalue weighted by Crippen LogP contribution is 2.22. The van der Waals surface area contributed by atoms with Gasteiger partial charge in [-0.2, -0.15) is 0 Å². The van der Waals surface area contributed by atoms with Gasteiger partial charge in [-0.05, 0) is 27.7 Å². The first-order valence-corrected chi connectivity index (χ1v) is 6.41. The van der Waals surface area contributed by atoms with Crippen LogP contribution in [0.5, 0.6) is 0 Å². The molecule has 0 aromatic rings. The summed E-state index contributed by atoms with van der Waals surface area (Å²) >= 11 is 0. The van der Waals surface area contributed by atoms with Gasteiger partial charge in [-0.1, -0.05) is 0 Å². The summed E-state index contributed by atoms with van der Waals surface area (Å²) in [6, 6.07) is 0. The Kier molecular flexibility index (Phi) is 5.97. The van der Waals surface area contributed by atoms with E-state index in [-0.39, 0.29) is 6.10 Å². The van der Waals surface area contributed by atoms with Gasteiger partial charge in [0.25, 0.3) is 0 Å². The Balaban J connectivity index is 0.000000122. The number of hydrogen-bond donors (Lipinski definition) is 2. The molecule has 4 atom stereocenters. The molecule has 0 aromatic heterocycles. The van der Waals surface area contributed by atoms with Gasteiger partial charge in [0.1, 0.15) is 6.10 Å². The van der Waals surface area contributed by atoms with Crippen LogP contribution < -0.4 is 11.5 Å². The van der Waals surface area contributed by atoms with E-state index in [9.17, 15) is 0 Å². The predicted octanol–water partition coefficient (Wildman–Crippen LogP) is 0.192. The van der Waals surface area contributed by atoms with Crippen LogP contribution in [0.4, 0.5) is 0 Å². The summed E-state index contributed by atoms with van der Waals surface area (Å²) in [5, 5.41) is 0. The largest absolute Gasteiger partial charge is 0.373 e. The third-order valence-corrected chi connectivity index (χ3v) is 2.46. The molecule has 0 saturated carbocycles. The number of rotatable bonds is 0. The summed E-state index contributed by atoms with van der Waals surface area (Å²) in [7, 11) is 0. The third kappa shape index (κ3) is 10.9. The molecule has 6 nitrogen and oxygen atoms in total. The molecule has 0 aliphatic carbocycles. The fourth-order valence-electron chi connectivity index (χ4n) is 0.561. The second-order valence-electron chi connectivity index (χ2n) is 5.05. The zero-order valence-corrected chi connectivity index (χ0v) is 11.7. The molecule has 4 heterocycles. The quantitative estimate of drug-likeness (QED) is 0.477. The molecule has 4 aliphatic heterocycles. The fraction of sp³-hybridized carbons (Fsp3) is 1.00. The lowest BCUT2D eigenvalue weighted by atomic mass is 10.4. The molecule has 4 rings (SSSR count). The Morgan fingerprint density at radius 1 is 0.778 bits per heavy atom. The molecule has 4 saturated heterocycles. The number of epoxide rings is 4. The van der Waals surface area contributed by atoms with E-state index >= 15 is 0 Å². The Hall–Kier alpha value is -0.240. The van der Waals surface area contributed by atoms with E-state index in [1.165, 1.54) is 0 Å². The standard InChI is InChI=1S/C3H8N2O.3C3H6O/c1-2-3(4,5)6-2;3*1-3-2-4-3/h2H,4-5H2,1H3;3*3H,2H2,1H3. The van der Waals surface area contributed by atoms with Crippen LogP contribution in [0.25, 0.3) is 0 Å². The average Bonchev–Trinajstić information content (AvgIpc) is 3.01. The van der Waals surface area contributed by atoms with Crippen molar-refractivity contribution in [3.8, 4) is 0 Å². The maximum atomic E-state index is 5.16. The van der Waals surface area contributed by atoms with E-state index in [1.807, 2.05) is 6.92 Å². The van der Waals surface area contributed by atoms with Crippen LogP contribution in [0.2, 0.25) is 0 Å². The van der Waals surface area contributed by atoms with Crippen LogP contribution in [0.3, 0.4) is 0 Å². The van der Waals surface area contributed by atoms with Crippen LogP contribution in [-0.2, 0) is 18.9 Å². The Morgan fingerprint density at radius 3 is 0.889 bits per heavy atom. The zero-order valence-electron chi connectivity index (χ0n) is 11.7. The third-order valence-electron chi connectivity index (χ3n) is 2.46. The van der Waals surface area contributed by atoms with Gasteiger partial charge < -0.3 is 18.9 Å². The van der Waals surface area contributed by atoms with Crippen molar-refractivity contribution < 1.29 is 18.9 Å². The van der Waals surface area contributed by atoms with E-state index in [2.05, 4.69) is 25.5 Å². The van der Waals surface area contributed by atoms with Gasteiger partial charge in [-0.25, -0.2) is 0 Å². The van der Waals surface area contributed by atoms with Gasteiger partial charge in [0, 0.05) is 0 Å². The monoisotopic (exact) mass is 262 g/mol. The van der Waals surface area contributed by atoms with Gasteiger partial charge in [0.05, 0.1) is 38.1 Å². The maximum Gasteiger partial charge on any atom is 0.197 e. The van der Waals surface area contributed by atoms with E-state index < -0.39 is 5.85 Å². The second-order valence-corrected chi connectivity index (χ2v) is 5.05. The molecular weight excluding hydrogens is 236 g/mol. The summed E-state index contributed by atoms with van der Waals surface area (Å²) in [5.74, 6) is -0.792. The van der Waals surface area contributed by atoms with Gasteiger partial charge in [-0.15, -0.1) is 0 Å². The normalized spacial score (nSPS) is 39.7. The van der Waals surface area contributed by atoms with Gasteiger partial charge in [-0.3, -0.25) is 11.5 Å². The molecule has 4 unspecified atom stereocenters. The Morgan fingerprint density at radius 2 is 0.889 bits per heavy atom. The first-order valence-electron chi connectivity index (χ1n) is 6.41. The van der Waals surface area contributed by atoms with Crippen LogP contribution in [0, 0.1) is 0 Å². The molecular formula is C12H26N2O4. The van der Waals surface area contributed by atoms with Crippen molar-refractivity contribution in [1.82, 2.24) is 0 Å². The topological polar surface area (TPSA) is 102 Å². The molecule has 108 valence electrons. The first kappa shape index (κ1) is 15.8. The Labute approximate surface area is 109 Å². The van der Waals surface area contributed by atoms with Gasteiger partial charge in [0.2, 0.25) is 0 Å². The lowest BCUT2D eigenvalue weighted by molar-refractivity contribution is 0.307. The molecule has 0 spiro atoms. The van der Waals surface area contributed by atoms with Crippen molar-refractivity contribution in [3.63, 3.8) is 0 Å². The van der Waals surface area contributed by atoms with E-state index in [0.29, 0.717) is 18.3 Å². The molecule has 4 N–H and O–H groups in total. The minimum Gasteiger partial charge on any atom is -0.373 e. The lowest BCUT2D eigenvalue weighted by Gasteiger charge is -1.87. The Bertz CT molecular complexity index is 214. The van der Waals surface area contributed by atoms with Crippen molar-refractivity contribution in [2.45, 2.75) is 58.0 Å². The summed E-state index contributed by atoms with van der Waals surface area (Å²) in [5.41, 5.74) is 10.3. The highest BCUT2D eigenvalue weighted by molar-refractivity contribution is 4.87. The van der Waals surface area contributed by atoms with Crippen LogP contribution >= 0.6 is 0 Å². The van der Waals surface area contributed by atoms with Crippen LogP contribution in [0.15, 0.2) is 0 Å². The van der Waals surface area contributed by atoms with E-state index in [1.54, 1.807) is 0 Å². The van der Waals surface area contributed by atoms with Crippen LogP contribution in [-0.4, -0.2) is 50.1 Å². The van der Waals surface area contributed by atoms with Crippen molar-refractivity contribution >= 4 is 0 Å². The molecule has 0 aromatic carbocycles. The maximum absolute atomic E-state index is 5.16. The summed E-state index contributed by atoms with van der Waals surface area (Å²) < 4.78 is 18.8. The molecule has 0 radical (unpaired) electrons. The molecule has 0 bridgehead atoms. The number of hydrogen-bond acceptors (Lipinski definition) is 6. The average molecular weight is 262 g/mol. The van der Waals surface area contributed by atoms with Crippen molar-refractivity contribution in [3.05, 3.63) is 0 Å². The van der Waals surface area contributed by atoms with E-state index in [0.717, 1.165) is 19.8 Å². The van der Waals surface area contributed by atoms with Crippen molar-refractivity contribution in [2.75, 3.05) is 19.8 Å². The second kappa shape index (κ2) is 6.79. The smallest absolute Gasteiger partial charge is 0.197 e. The zero-order chi connectivity index (χ0) is 13.8. The highest BCUT2D eigenvalue weighted by Gasteiger charge is 2.46. The van der Waals surface area contributed by atoms with Crippen molar-refractivity contribution in [2.24, 2.45) is 11.5 Å². The van der Waals surface area contributed by atoms with Crippen molar-refractivity contribution in [1.29, 1.82) is 0 Å². The molecule has 4 aliphatic rings. The fourth-order valence-corrected chi connectivity index (χ4v) is 0.561. The van der Waals surface area contributed by atoms with Gasteiger partial charge in [0.15, 0.2) is 5.85 Å². The molecule has 18 heavy (non-hydrogen) atoms. The molecule has 0 amide bonds. The van der Waals surface area contributed by atoms with Crippen LogP contribution in [0.1, 0.15) is 27.7 Å². The molecule has 6 heteroatoms. The minimum absolute atomic E-state index is 0.0532. The van der Waals surface area contributed by atoms with E-state index in [4.69, 9.17) is 25.7 Å². The SMILES string of the molecule is CC1CO1.CC1CO1.CC1CO1.CC1OC1(N)N. The highest BCUT2D eigenvalue weighted by atomic mass is 16.6. The summed E-state index contributed by atoms with van der Waals surface area (Å²) in [6.45, 7) is 11.0. The molecule has 4 fully saturated rings. The predicted molar refractivity (Wildman–Crippen MR) is 67.9 cm³/mol. The number of nitrogens with two attached hydrogens (primary N) is 2. The first-order chi connectivity index (χ1) is 8.31. The number of ether oxygens (including phenoxy) is 4. The minimum atomic E-state index is -0.792. The summed E-state index contributed by atoms with van der Waals surface area (Å²) in [4.78, 5) is 0. The lowest BCUT2D eigenvalue weighted by Crippen LogP contribution is -2.36. The summed E-state index contributed by atoms with van der Waals surface area (Å²) in [6.07, 6.45) is 1.80. The van der Waals surface area contributed by atoms with Gasteiger partial charge >= 0.3 is 0 Å².